The van der Waals surface area contributed by atoms with Crippen LogP contribution in [-0.4, -0.2) is 12.6 Å². The summed E-state index contributed by atoms with van der Waals surface area (Å²) in [7, 11) is 0. The first-order chi connectivity index (χ1) is 10.8. The molecule has 22 heavy (non-hydrogen) atoms. The zero-order chi connectivity index (χ0) is 15.6. The molecule has 2 heteroatoms. The third-order valence-electron chi connectivity index (χ3n) is 3.65. The van der Waals surface area contributed by atoms with Gasteiger partial charge >= 0.3 is 0 Å². The van der Waals surface area contributed by atoms with E-state index in [0.717, 1.165) is 25.1 Å². The fourth-order valence-electron chi connectivity index (χ4n) is 2.28. The van der Waals surface area contributed by atoms with Crippen molar-refractivity contribution in [2.24, 2.45) is 0 Å². The number of rotatable bonds is 9. The van der Waals surface area contributed by atoms with Crippen molar-refractivity contribution in [2.75, 3.05) is 6.61 Å². The van der Waals surface area contributed by atoms with Gasteiger partial charge in [0, 0.05) is 12.6 Å². The van der Waals surface area contributed by atoms with Gasteiger partial charge in [0.25, 0.3) is 0 Å². The summed E-state index contributed by atoms with van der Waals surface area (Å²) in [6.45, 7) is 7.32. The molecule has 0 bridgehead atoms. The maximum absolute atomic E-state index is 5.48. The maximum Gasteiger partial charge on any atom is 0.119 e. The van der Waals surface area contributed by atoms with Gasteiger partial charge in [-0.2, -0.15) is 0 Å². The molecule has 0 aliphatic heterocycles. The van der Waals surface area contributed by atoms with Crippen LogP contribution < -0.4 is 10.1 Å². The molecule has 0 radical (unpaired) electrons. The molecule has 0 saturated carbocycles. The quantitative estimate of drug-likeness (QED) is 0.694. The first-order valence-corrected chi connectivity index (χ1v) is 7.88. The molecule has 0 heterocycles. The van der Waals surface area contributed by atoms with Crippen LogP contribution in [0.1, 0.15) is 24.5 Å². The van der Waals surface area contributed by atoms with Crippen molar-refractivity contribution in [1.29, 1.82) is 0 Å². The molecule has 0 saturated heterocycles. The normalized spacial score (nSPS) is 11.9. The van der Waals surface area contributed by atoms with Gasteiger partial charge in [-0.05, 0) is 43.0 Å². The number of ether oxygens (including phenoxy) is 1. The monoisotopic (exact) mass is 295 g/mol. The smallest absolute Gasteiger partial charge is 0.119 e. The largest absolute Gasteiger partial charge is 0.490 e. The van der Waals surface area contributed by atoms with Crippen molar-refractivity contribution in [3.8, 4) is 5.75 Å². The fraction of sp³-hybridized carbons (Fsp3) is 0.300. The second-order valence-corrected chi connectivity index (χ2v) is 5.55. The summed E-state index contributed by atoms with van der Waals surface area (Å²) in [5.41, 5.74) is 2.68. The number of benzene rings is 2. The SMILES string of the molecule is C=CCOc1ccc(CNC(C)CCc2ccccc2)cc1. The lowest BCUT2D eigenvalue weighted by Crippen LogP contribution is -2.25. The highest BCUT2D eigenvalue weighted by molar-refractivity contribution is 5.27. The summed E-state index contributed by atoms with van der Waals surface area (Å²) in [5, 5.41) is 3.57. The second-order valence-electron chi connectivity index (χ2n) is 5.55. The topological polar surface area (TPSA) is 21.3 Å². The van der Waals surface area contributed by atoms with Gasteiger partial charge in [0.05, 0.1) is 0 Å². The molecule has 0 aliphatic carbocycles. The van der Waals surface area contributed by atoms with Crippen LogP contribution in [0.4, 0.5) is 0 Å². The van der Waals surface area contributed by atoms with E-state index in [1.54, 1.807) is 6.08 Å². The van der Waals surface area contributed by atoms with E-state index >= 15 is 0 Å². The number of hydrogen-bond acceptors (Lipinski definition) is 2. The summed E-state index contributed by atoms with van der Waals surface area (Å²) in [6.07, 6.45) is 4.01. The van der Waals surface area contributed by atoms with Crippen molar-refractivity contribution < 1.29 is 4.74 Å². The molecule has 0 spiro atoms. The van der Waals surface area contributed by atoms with E-state index in [1.807, 2.05) is 12.1 Å². The summed E-state index contributed by atoms with van der Waals surface area (Å²) >= 11 is 0. The van der Waals surface area contributed by atoms with Gasteiger partial charge in [-0.1, -0.05) is 55.1 Å². The molecule has 0 aromatic heterocycles. The Bertz CT molecular complexity index is 548. The first-order valence-electron chi connectivity index (χ1n) is 7.88. The molecular weight excluding hydrogens is 270 g/mol. The van der Waals surface area contributed by atoms with E-state index in [9.17, 15) is 0 Å². The lowest BCUT2D eigenvalue weighted by Gasteiger charge is -2.14. The van der Waals surface area contributed by atoms with Crippen molar-refractivity contribution in [3.05, 3.63) is 78.4 Å². The van der Waals surface area contributed by atoms with E-state index in [-0.39, 0.29) is 0 Å². The lowest BCUT2D eigenvalue weighted by atomic mass is 10.1. The van der Waals surface area contributed by atoms with Crippen LogP contribution in [0.3, 0.4) is 0 Å². The average molecular weight is 295 g/mol. The summed E-state index contributed by atoms with van der Waals surface area (Å²) < 4.78 is 5.48. The summed E-state index contributed by atoms with van der Waals surface area (Å²) in [4.78, 5) is 0. The molecule has 2 aromatic carbocycles. The average Bonchev–Trinajstić information content (AvgIpc) is 2.58. The molecule has 0 aliphatic rings. The minimum Gasteiger partial charge on any atom is -0.490 e. The van der Waals surface area contributed by atoms with E-state index in [1.165, 1.54) is 11.1 Å². The molecule has 0 fully saturated rings. The van der Waals surface area contributed by atoms with E-state index in [2.05, 4.69) is 61.3 Å². The molecule has 1 unspecified atom stereocenters. The Morgan fingerprint density at radius 3 is 2.45 bits per heavy atom. The van der Waals surface area contributed by atoms with Gasteiger partial charge in [-0.3, -0.25) is 0 Å². The Morgan fingerprint density at radius 2 is 1.77 bits per heavy atom. The molecule has 2 rings (SSSR count). The van der Waals surface area contributed by atoms with E-state index in [0.29, 0.717) is 12.6 Å². The van der Waals surface area contributed by atoms with Crippen molar-refractivity contribution in [2.45, 2.75) is 32.4 Å². The highest BCUT2D eigenvalue weighted by Crippen LogP contribution is 2.12. The molecular formula is C20H25NO. The molecule has 2 aromatic rings. The van der Waals surface area contributed by atoms with Crippen LogP contribution >= 0.6 is 0 Å². The number of nitrogens with one attached hydrogen (secondary N) is 1. The zero-order valence-corrected chi connectivity index (χ0v) is 13.3. The predicted octanol–water partition coefficient (Wildman–Crippen LogP) is 4.36. The van der Waals surface area contributed by atoms with Gasteiger partial charge < -0.3 is 10.1 Å². The Labute approximate surface area is 133 Å². The Balaban J connectivity index is 1.71. The van der Waals surface area contributed by atoms with Crippen LogP contribution in [0, 0.1) is 0 Å². The first kappa shape index (κ1) is 16.3. The van der Waals surface area contributed by atoms with Crippen molar-refractivity contribution >= 4 is 0 Å². The van der Waals surface area contributed by atoms with Gasteiger partial charge in [0.1, 0.15) is 12.4 Å². The van der Waals surface area contributed by atoms with Gasteiger partial charge in [0.15, 0.2) is 0 Å². The zero-order valence-electron chi connectivity index (χ0n) is 13.3. The second kappa shape index (κ2) is 9.06. The van der Waals surface area contributed by atoms with Crippen LogP contribution in [0.25, 0.3) is 0 Å². The van der Waals surface area contributed by atoms with Crippen LogP contribution in [0.2, 0.25) is 0 Å². The number of aryl methyl sites for hydroxylation is 1. The Hall–Kier alpha value is -2.06. The van der Waals surface area contributed by atoms with Gasteiger partial charge in [0.2, 0.25) is 0 Å². The van der Waals surface area contributed by atoms with Crippen LogP contribution in [0.15, 0.2) is 67.3 Å². The molecule has 116 valence electrons. The van der Waals surface area contributed by atoms with E-state index < -0.39 is 0 Å². The molecule has 1 atom stereocenters. The molecule has 2 nitrogen and oxygen atoms in total. The predicted molar refractivity (Wildman–Crippen MR) is 93.2 cm³/mol. The minimum atomic E-state index is 0.497. The number of hydrogen-bond donors (Lipinski definition) is 1. The maximum atomic E-state index is 5.48. The van der Waals surface area contributed by atoms with Gasteiger partial charge in [-0.25, -0.2) is 0 Å². The fourth-order valence-corrected chi connectivity index (χ4v) is 2.28. The van der Waals surface area contributed by atoms with Crippen molar-refractivity contribution in [1.82, 2.24) is 5.32 Å². The molecule has 1 N–H and O–H groups in total. The van der Waals surface area contributed by atoms with Crippen LogP contribution in [-0.2, 0) is 13.0 Å². The highest BCUT2D eigenvalue weighted by Gasteiger charge is 2.03. The Morgan fingerprint density at radius 1 is 1.05 bits per heavy atom. The minimum absolute atomic E-state index is 0.497. The Kier molecular flexibility index (Phi) is 6.72. The molecule has 0 amide bonds. The highest BCUT2D eigenvalue weighted by atomic mass is 16.5. The third-order valence-corrected chi connectivity index (χ3v) is 3.65. The van der Waals surface area contributed by atoms with Crippen molar-refractivity contribution in [3.63, 3.8) is 0 Å². The summed E-state index contributed by atoms with van der Waals surface area (Å²) in [5.74, 6) is 0.890. The summed E-state index contributed by atoms with van der Waals surface area (Å²) in [6, 6.07) is 19.4. The van der Waals surface area contributed by atoms with Crippen LogP contribution in [0.5, 0.6) is 5.75 Å². The van der Waals surface area contributed by atoms with Gasteiger partial charge in [-0.15, -0.1) is 0 Å². The van der Waals surface area contributed by atoms with E-state index in [4.69, 9.17) is 4.74 Å². The third kappa shape index (κ3) is 5.74. The lowest BCUT2D eigenvalue weighted by molar-refractivity contribution is 0.363. The standard InChI is InChI=1S/C20H25NO/c1-3-15-22-20-13-11-19(12-14-20)16-21-17(2)9-10-18-7-5-4-6-8-18/h3-8,11-14,17,21H,1,9-10,15-16H2,2H3.